The molecule has 1 saturated heterocycles. The van der Waals surface area contributed by atoms with Crippen molar-refractivity contribution in [1.29, 1.82) is 0 Å². The molecule has 0 spiro atoms. The Morgan fingerprint density at radius 2 is 2.13 bits per heavy atom. The second-order valence-electron chi connectivity index (χ2n) is 3.87. The van der Waals surface area contributed by atoms with Gasteiger partial charge in [0.2, 0.25) is 0 Å². The first kappa shape index (κ1) is 10.4. The fourth-order valence-electron chi connectivity index (χ4n) is 1.85. The van der Waals surface area contributed by atoms with Gasteiger partial charge in [0.15, 0.2) is 5.13 Å². The van der Waals surface area contributed by atoms with Crippen molar-refractivity contribution in [3.63, 3.8) is 0 Å². The first-order chi connectivity index (χ1) is 7.31. The molecule has 4 heteroatoms. The van der Waals surface area contributed by atoms with Gasteiger partial charge in [-0.05, 0) is 26.2 Å². The van der Waals surface area contributed by atoms with Crippen LogP contribution in [-0.2, 0) is 6.54 Å². The summed E-state index contributed by atoms with van der Waals surface area (Å²) in [4.78, 5) is 11.5. The van der Waals surface area contributed by atoms with Gasteiger partial charge in [-0.3, -0.25) is 0 Å². The van der Waals surface area contributed by atoms with Crippen LogP contribution in [0.2, 0.25) is 0 Å². The van der Waals surface area contributed by atoms with Crippen molar-refractivity contribution in [2.45, 2.75) is 32.7 Å². The molecular formula is C11H15N3S. The van der Waals surface area contributed by atoms with Gasteiger partial charge in [-0.2, -0.15) is 0 Å². The van der Waals surface area contributed by atoms with Crippen LogP contribution in [0.4, 0.5) is 5.13 Å². The van der Waals surface area contributed by atoms with Crippen molar-refractivity contribution in [1.82, 2.24) is 4.98 Å². The Balaban J connectivity index is 2.14. The number of rotatable bonds is 2. The first-order valence-corrected chi connectivity index (χ1v) is 6.17. The summed E-state index contributed by atoms with van der Waals surface area (Å²) in [6.07, 6.45) is 3.89. The number of nitrogens with zero attached hydrogens (tertiary/aromatic N) is 3. The average Bonchev–Trinajstić information content (AvgIpc) is 2.63. The van der Waals surface area contributed by atoms with Crippen molar-refractivity contribution in [2.24, 2.45) is 0 Å². The van der Waals surface area contributed by atoms with Crippen LogP contribution in [0.1, 0.15) is 29.8 Å². The lowest BCUT2D eigenvalue weighted by Gasteiger charge is -2.25. The Labute approximate surface area is 94.6 Å². The van der Waals surface area contributed by atoms with E-state index in [9.17, 15) is 0 Å². The molecule has 1 aliphatic rings. The summed E-state index contributed by atoms with van der Waals surface area (Å²) in [5, 5.41) is 1.12. The molecule has 1 fully saturated rings. The van der Waals surface area contributed by atoms with Crippen LogP contribution in [-0.4, -0.2) is 18.1 Å². The molecule has 80 valence electrons. The number of aryl methyl sites for hydroxylation is 1. The van der Waals surface area contributed by atoms with Gasteiger partial charge < -0.3 is 9.74 Å². The molecule has 0 amide bonds. The molecule has 0 atom stereocenters. The second-order valence-corrected chi connectivity index (χ2v) is 4.93. The fourth-order valence-corrected chi connectivity index (χ4v) is 2.89. The molecule has 0 radical (unpaired) electrons. The number of hydrogen-bond acceptors (Lipinski definition) is 3. The monoisotopic (exact) mass is 221 g/mol. The van der Waals surface area contributed by atoms with Crippen molar-refractivity contribution in [3.05, 3.63) is 22.0 Å². The highest BCUT2D eigenvalue weighted by Crippen LogP contribution is 2.28. The van der Waals surface area contributed by atoms with E-state index in [1.54, 1.807) is 11.3 Å². The van der Waals surface area contributed by atoms with Gasteiger partial charge >= 0.3 is 0 Å². The van der Waals surface area contributed by atoms with Crippen LogP contribution < -0.4 is 4.90 Å². The maximum Gasteiger partial charge on any atom is 0.250 e. The van der Waals surface area contributed by atoms with E-state index in [1.807, 2.05) is 6.92 Å². The number of aromatic nitrogens is 1. The SMILES string of the molecule is [C-]#[N+]Cc1sc(N2CCCCC2)nc1C. The van der Waals surface area contributed by atoms with E-state index in [4.69, 9.17) is 6.57 Å². The summed E-state index contributed by atoms with van der Waals surface area (Å²) in [6, 6.07) is 0. The fraction of sp³-hybridized carbons (Fsp3) is 0.636. The van der Waals surface area contributed by atoms with Gasteiger partial charge in [-0.1, -0.05) is 11.3 Å². The van der Waals surface area contributed by atoms with Gasteiger partial charge in [0, 0.05) is 13.1 Å². The summed E-state index contributed by atoms with van der Waals surface area (Å²) >= 11 is 1.69. The molecule has 0 aliphatic carbocycles. The average molecular weight is 221 g/mol. The molecular weight excluding hydrogens is 206 g/mol. The molecule has 3 nitrogen and oxygen atoms in total. The third-order valence-electron chi connectivity index (χ3n) is 2.73. The number of piperidine rings is 1. The normalized spacial score (nSPS) is 16.4. The maximum absolute atomic E-state index is 6.88. The molecule has 0 bridgehead atoms. The van der Waals surface area contributed by atoms with E-state index < -0.39 is 0 Å². The predicted octanol–water partition coefficient (Wildman–Crippen LogP) is 2.86. The summed E-state index contributed by atoms with van der Waals surface area (Å²) < 4.78 is 0. The third kappa shape index (κ3) is 2.29. The minimum absolute atomic E-state index is 0.483. The molecule has 15 heavy (non-hydrogen) atoms. The molecule has 0 unspecified atom stereocenters. The van der Waals surface area contributed by atoms with Gasteiger partial charge in [0.1, 0.15) is 4.88 Å². The second kappa shape index (κ2) is 4.63. The standard InChI is InChI=1S/C11H15N3S/c1-9-10(8-12-2)15-11(13-9)14-6-4-3-5-7-14/h3-8H2,1H3. The molecule has 1 aromatic rings. The largest absolute Gasteiger partial charge is 0.348 e. The highest BCUT2D eigenvalue weighted by Gasteiger charge is 2.17. The van der Waals surface area contributed by atoms with Crippen LogP contribution in [0, 0.1) is 13.5 Å². The Hall–Kier alpha value is -1.08. The van der Waals surface area contributed by atoms with Crippen LogP contribution >= 0.6 is 11.3 Å². The van der Waals surface area contributed by atoms with E-state index in [0.717, 1.165) is 28.8 Å². The molecule has 1 aliphatic heterocycles. The zero-order chi connectivity index (χ0) is 10.7. The van der Waals surface area contributed by atoms with E-state index in [2.05, 4.69) is 14.7 Å². The van der Waals surface area contributed by atoms with Gasteiger partial charge in [-0.15, -0.1) is 0 Å². The lowest BCUT2D eigenvalue weighted by atomic mass is 10.1. The first-order valence-electron chi connectivity index (χ1n) is 5.35. The quantitative estimate of drug-likeness (QED) is 0.716. The zero-order valence-electron chi connectivity index (χ0n) is 8.99. The van der Waals surface area contributed by atoms with Crippen LogP contribution in [0.5, 0.6) is 0 Å². The third-order valence-corrected chi connectivity index (χ3v) is 3.93. The summed E-state index contributed by atoms with van der Waals surface area (Å²) in [7, 11) is 0. The van der Waals surface area contributed by atoms with Crippen molar-refractivity contribution < 1.29 is 0 Å². The minimum atomic E-state index is 0.483. The number of hydrogen-bond donors (Lipinski definition) is 0. The van der Waals surface area contributed by atoms with E-state index >= 15 is 0 Å². The van der Waals surface area contributed by atoms with Crippen molar-refractivity contribution >= 4 is 16.5 Å². The van der Waals surface area contributed by atoms with Gasteiger partial charge in [-0.25, -0.2) is 11.6 Å². The molecule has 2 rings (SSSR count). The summed E-state index contributed by atoms with van der Waals surface area (Å²) in [5.41, 5.74) is 1.04. The molecule has 0 saturated carbocycles. The highest BCUT2D eigenvalue weighted by atomic mass is 32.1. The highest BCUT2D eigenvalue weighted by molar-refractivity contribution is 7.15. The van der Waals surface area contributed by atoms with Crippen LogP contribution in [0.15, 0.2) is 0 Å². The number of thiazole rings is 1. The van der Waals surface area contributed by atoms with Crippen LogP contribution in [0.3, 0.4) is 0 Å². The summed E-state index contributed by atoms with van der Waals surface area (Å²) in [5.74, 6) is 0. The lowest BCUT2D eigenvalue weighted by Crippen LogP contribution is -2.29. The minimum Gasteiger partial charge on any atom is -0.348 e. The molecule has 1 aromatic heterocycles. The Morgan fingerprint density at radius 3 is 2.80 bits per heavy atom. The van der Waals surface area contributed by atoms with Gasteiger partial charge in [0.25, 0.3) is 6.54 Å². The molecule has 0 N–H and O–H groups in total. The molecule has 0 aromatic carbocycles. The topological polar surface area (TPSA) is 20.5 Å². The Morgan fingerprint density at radius 1 is 1.40 bits per heavy atom. The predicted molar refractivity (Wildman–Crippen MR) is 63.2 cm³/mol. The molecule has 2 heterocycles. The van der Waals surface area contributed by atoms with Gasteiger partial charge in [0.05, 0.1) is 5.69 Å². The smallest absolute Gasteiger partial charge is 0.250 e. The summed E-state index contributed by atoms with van der Waals surface area (Å²) in [6.45, 7) is 11.6. The maximum atomic E-state index is 6.88. The van der Waals surface area contributed by atoms with Crippen molar-refractivity contribution in [3.8, 4) is 0 Å². The lowest BCUT2D eigenvalue weighted by molar-refractivity contribution is 0.576. The van der Waals surface area contributed by atoms with Crippen molar-refractivity contribution in [2.75, 3.05) is 18.0 Å². The van der Waals surface area contributed by atoms with E-state index in [-0.39, 0.29) is 0 Å². The number of anilines is 1. The Kier molecular flexibility index (Phi) is 3.22. The van der Waals surface area contributed by atoms with E-state index in [0.29, 0.717) is 6.54 Å². The zero-order valence-corrected chi connectivity index (χ0v) is 9.81. The van der Waals surface area contributed by atoms with Crippen LogP contribution in [0.25, 0.3) is 4.85 Å². The Bertz CT molecular complexity index is 372. The van der Waals surface area contributed by atoms with E-state index in [1.165, 1.54) is 19.3 Å².